The predicted octanol–water partition coefficient (Wildman–Crippen LogP) is 0.619. The van der Waals surface area contributed by atoms with Gasteiger partial charge in [-0.1, -0.05) is 11.3 Å². The van der Waals surface area contributed by atoms with Crippen molar-refractivity contribution in [2.75, 3.05) is 39.9 Å². The molecule has 2 rings (SSSR count). The van der Waals surface area contributed by atoms with E-state index in [1.54, 1.807) is 17.4 Å². The summed E-state index contributed by atoms with van der Waals surface area (Å²) in [6, 6.07) is 0. The van der Waals surface area contributed by atoms with E-state index in [4.69, 9.17) is 4.74 Å². The number of methoxy groups -OCH3 is 1. The van der Waals surface area contributed by atoms with Crippen molar-refractivity contribution < 1.29 is 9.53 Å². The van der Waals surface area contributed by atoms with E-state index in [0.29, 0.717) is 25.4 Å². The molecule has 0 saturated carbocycles. The van der Waals surface area contributed by atoms with E-state index in [9.17, 15) is 9.59 Å². The minimum absolute atomic E-state index is 0.0272. The van der Waals surface area contributed by atoms with Crippen molar-refractivity contribution in [2.24, 2.45) is 0 Å². The number of aromatic nitrogens is 1. The fraction of sp³-hybridized carbons (Fsp3) is 0.692. The van der Waals surface area contributed by atoms with Gasteiger partial charge in [0, 0.05) is 44.2 Å². The van der Waals surface area contributed by atoms with Crippen molar-refractivity contribution in [3.63, 3.8) is 0 Å². The predicted molar refractivity (Wildman–Crippen MR) is 78.4 cm³/mol. The van der Waals surface area contributed by atoms with Crippen LogP contribution in [0.25, 0.3) is 0 Å². The summed E-state index contributed by atoms with van der Waals surface area (Å²) in [7, 11) is 1.70. The van der Waals surface area contributed by atoms with Gasteiger partial charge in [0.05, 0.1) is 6.61 Å². The average molecular weight is 299 g/mol. The van der Waals surface area contributed by atoms with E-state index in [1.807, 2.05) is 0 Å². The summed E-state index contributed by atoms with van der Waals surface area (Å²) in [5.74, 6) is -0.0902. The molecule has 1 aliphatic rings. The number of aromatic amines is 1. The van der Waals surface area contributed by atoms with Crippen molar-refractivity contribution in [1.29, 1.82) is 0 Å². The molecule has 0 aliphatic carbocycles. The molecule has 7 heteroatoms. The highest BCUT2D eigenvalue weighted by molar-refractivity contribution is 7.07. The zero-order chi connectivity index (χ0) is 14.8. The van der Waals surface area contributed by atoms with Crippen LogP contribution in [0.5, 0.6) is 0 Å². The second-order valence-electron chi connectivity index (χ2n) is 5.59. The number of amides is 1. The van der Waals surface area contributed by atoms with Crippen molar-refractivity contribution in [3.8, 4) is 0 Å². The molecule has 1 saturated heterocycles. The second kappa shape index (κ2) is 6.07. The van der Waals surface area contributed by atoms with Gasteiger partial charge in [0.2, 0.25) is 0 Å². The lowest BCUT2D eigenvalue weighted by atomic mass is 10.0. The summed E-state index contributed by atoms with van der Waals surface area (Å²) in [6.07, 6.45) is 0. The summed E-state index contributed by atoms with van der Waals surface area (Å²) >= 11 is 1.02. The first kappa shape index (κ1) is 15.2. The Balaban J connectivity index is 1.94. The van der Waals surface area contributed by atoms with Gasteiger partial charge in [0.25, 0.3) is 5.91 Å². The molecule has 0 atom stereocenters. The van der Waals surface area contributed by atoms with Gasteiger partial charge < -0.3 is 14.6 Å². The summed E-state index contributed by atoms with van der Waals surface area (Å²) < 4.78 is 5.25. The number of hydrogen-bond acceptors (Lipinski definition) is 5. The van der Waals surface area contributed by atoms with E-state index >= 15 is 0 Å². The first-order valence-electron chi connectivity index (χ1n) is 6.65. The molecule has 0 bridgehead atoms. The van der Waals surface area contributed by atoms with Crippen LogP contribution < -0.4 is 4.87 Å². The number of piperazine rings is 1. The molecular weight excluding hydrogens is 278 g/mol. The number of nitrogens with zero attached hydrogens (tertiary/aromatic N) is 2. The molecule has 1 aromatic rings. The van der Waals surface area contributed by atoms with Crippen molar-refractivity contribution in [3.05, 3.63) is 20.7 Å². The lowest BCUT2D eigenvalue weighted by Gasteiger charge is -2.43. The smallest absolute Gasteiger partial charge is 0.305 e. The summed E-state index contributed by atoms with van der Waals surface area (Å²) in [4.78, 5) is 29.8. The Hall–Kier alpha value is -1.18. The molecule has 112 valence electrons. The van der Waals surface area contributed by atoms with Gasteiger partial charge in [-0.2, -0.15) is 0 Å². The van der Waals surface area contributed by atoms with Gasteiger partial charge in [-0.05, 0) is 13.8 Å². The van der Waals surface area contributed by atoms with Gasteiger partial charge in [0.1, 0.15) is 5.69 Å². The van der Waals surface area contributed by atoms with Crippen LogP contribution >= 0.6 is 11.3 Å². The Morgan fingerprint density at radius 3 is 2.55 bits per heavy atom. The van der Waals surface area contributed by atoms with Crippen LogP contribution in [0.2, 0.25) is 0 Å². The Kier molecular flexibility index (Phi) is 4.62. The van der Waals surface area contributed by atoms with Gasteiger partial charge >= 0.3 is 4.87 Å². The molecule has 1 amide bonds. The monoisotopic (exact) mass is 299 g/mol. The van der Waals surface area contributed by atoms with Crippen LogP contribution in [0.1, 0.15) is 24.3 Å². The Morgan fingerprint density at radius 2 is 2.05 bits per heavy atom. The number of H-pyrrole nitrogens is 1. The fourth-order valence-electron chi connectivity index (χ4n) is 2.51. The number of ether oxygens (including phenoxy) is 1. The first-order valence-corrected chi connectivity index (χ1v) is 7.53. The Bertz CT molecular complexity index is 515. The van der Waals surface area contributed by atoms with Crippen LogP contribution in [-0.4, -0.2) is 66.1 Å². The van der Waals surface area contributed by atoms with Crippen LogP contribution in [0, 0.1) is 0 Å². The maximum Gasteiger partial charge on any atom is 0.305 e. The molecule has 0 aromatic carbocycles. The number of thiazole rings is 1. The lowest BCUT2D eigenvalue weighted by Crippen LogP contribution is -2.57. The third-order valence-electron chi connectivity index (χ3n) is 3.67. The molecule has 0 spiro atoms. The number of carbonyl (C=O) groups excluding carboxylic acids is 1. The third-order valence-corrected chi connectivity index (χ3v) is 4.34. The maximum atomic E-state index is 12.2. The van der Waals surface area contributed by atoms with Crippen LogP contribution in [0.4, 0.5) is 0 Å². The molecular formula is C13H21N3O3S. The fourth-order valence-corrected chi connectivity index (χ4v) is 3.07. The molecule has 1 aromatic heterocycles. The molecule has 1 N–H and O–H groups in total. The Labute approximate surface area is 122 Å². The third kappa shape index (κ3) is 3.28. The largest absolute Gasteiger partial charge is 0.383 e. The molecule has 1 aliphatic heterocycles. The maximum absolute atomic E-state index is 12.2. The summed E-state index contributed by atoms with van der Waals surface area (Å²) in [5, 5.41) is 1.59. The number of nitrogens with one attached hydrogen (secondary N) is 1. The molecule has 0 unspecified atom stereocenters. The average Bonchev–Trinajstić information content (AvgIpc) is 2.85. The van der Waals surface area contributed by atoms with Crippen LogP contribution in [-0.2, 0) is 4.74 Å². The lowest BCUT2D eigenvalue weighted by molar-refractivity contribution is 0.00359. The minimum Gasteiger partial charge on any atom is -0.383 e. The highest BCUT2D eigenvalue weighted by atomic mass is 32.1. The second-order valence-corrected chi connectivity index (χ2v) is 6.43. The van der Waals surface area contributed by atoms with Gasteiger partial charge in [0.15, 0.2) is 0 Å². The van der Waals surface area contributed by atoms with Crippen molar-refractivity contribution in [2.45, 2.75) is 19.4 Å². The molecule has 0 radical (unpaired) electrons. The summed E-state index contributed by atoms with van der Waals surface area (Å²) in [6.45, 7) is 7.92. The van der Waals surface area contributed by atoms with Gasteiger partial charge in [-0.25, -0.2) is 0 Å². The number of hydrogen-bond donors (Lipinski definition) is 1. The first-order chi connectivity index (χ1) is 9.44. The van der Waals surface area contributed by atoms with Gasteiger partial charge in [-0.3, -0.25) is 14.5 Å². The standard InChI is InChI=1S/C13H21N3O3S/c1-13(2,9-19-3)16-6-4-15(5-7-16)11(17)10-8-20-12(18)14-10/h8H,4-7,9H2,1-3H3,(H,14,18). The van der Waals surface area contributed by atoms with Gasteiger partial charge in [-0.15, -0.1) is 0 Å². The molecule has 2 heterocycles. The zero-order valence-electron chi connectivity index (χ0n) is 12.1. The zero-order valence-corrected chi connectivity index (χ0v) is 13.0. The van der Waals surface area contributed by atoms with E-state index in [0.717, 1.165) is 24.4 Å². The van der Waals surface area contributed by atoms with Crippen LogP contribution in [0.15, 0.2) is 10.2 Å². The van der Waals surface area contributed by atoms with E-state index in [2.05, 4.69) is 23.7 Å². The normalized spacial score (nSPS) is 17.4. The highest BCUT2D eigenvalue weighted by Gasteiger charge is 2.31. The number of rotatable bonds is 4. The summed E-state index contributed by atoms with van der Waals surface area (Å²) in [5.41, 5.74) is 0.366. The highest BCUT2D eigenvalue weighted by Crippen LogP contribution is 2.18. The van der Waals surface area contributed by atoms with E-state index in [1.165, 1.54) is 0 Å². The molecule has 20 heavy (non-hydrogen) atoms. The van der Waals surface area contributed by atoms with E-state index < -0.39 is 0 Å². The topological polar surface area (TPSA) is 65.6 Å². The SMILES string of the molecule is COCC(C)(C)N1CCN(C(=O)c2csc(=O)[nH]2)CC1. The van der Waals surface area contributed by atoms with E-state index in [-0.39, 0.29) is 16.3 Å². The van der Waals surface area contributed by atoms with Crippen molar-refractivity contribution >= 4 is 17.2 Å². The Morgan fingerprint density at radius 1 is 1.40 bits per heavy atom. The van der Waals surface area contributed by atoms with Crippen LogP contribution in [0.3, 0.4) is 0 Å². The molecule has 1 fully saturated rings. The van der Waals surface area contributed by atoms with Crippen molar-refractivity contribution in [1.82, 2.24) is 14.8 Å². The quantitative estimate of drug-likeness (QED) is 0.885. The number of carbonyl (C=O) groups is 1. The minimum atomic E-state index is -0.187. The molecule has 6 nitrogen and oxygen atoms in total.